The van der Waals surface area contributed by atoms with Crippen molar-refractivity contribution in [2.75, 3.05) is 25.1 Å². The number of amides is 2. The van der Waals surface area contributed by atoms with Crippen molar-refractivity contribution in [1.82, 2.24) is 5.32 Å². The van der Waals surface area contributed by atoms with Gasteiger partial charge in [0.2, 0.25) is 5.91 Å². The van der Waals surface area contributed by atoms with E-state index in [9.17, 15) is 9.59 Å². The highest BCUT2D eigenvalue weighted by molar-refractivity contribution is 5.98. The summed E-state index contributed by atoms with van der Waals surface area (Å²) >= 11 is 0. The highest BCUT2D eigenvalue weighted by atomic mass is 16.5. The smallest absolute Gasteiger partial charge is 0.265 e. The van der Waals surface area contributed by atoms with Gasteiger partial charge in [0.1, 0.15) is 5.75 Å². The molecule has 1 N–H and O–H groups in total. The molecule has 1 aliphatic rings. The van der Waals surface area contributed by atoms with Gasteiger partial charge in [0.25, 0.3) is 5.91 Å². The van der Waals surface area contributed by atoms with Gasteiger partial charge in [0.15, 0.2) is 6.61 Å². The maximum atomic E-state index is 11.7. The highest BCUT2D eigenvalue weighted by Crippen LogP contribution is 2.31. The number of nitrogens with one attached hydrogen (secondary N) is 1. The van der Waals surface area contributed by atoms with Crippen LogP contribution in [-0.4, -0.2) is 32.0 Å². The number of carbonyl (C=O) groups is 2. The minimum atomic E-state index is -0.118. The lowest BCUT2D eigenvalue weighted by Gasteiger charge is -2.29. The number of carbonyl (C=O) groups excluding carboxylic acids is 2. The Balaban J connectivity index is 2.15. The van der Waals surface area contributed by atoms with Crippen LogP contribution in [0.1, 0.15) is 6.42 Å². The van der Waals surface area contributed by atoms with Crippen LogP contribution in [0.2, 0.25) is 0 Å². The zero-order valence-electron chi connectivity index (χ0n) is 9.60. The third-order valence-corrected chi connectivity index (χ3v) is 2.65. The number of hydrogen-bond donors (Lipinski definition) is 1. The summed E-state index contributed by atoms with van der Waals surface area (Å²) < 4.78 is 5.31. The molecular weight excluding hydrogens is 220 g/mol. The minimum Gasteiger partial charge on any atom is -0.482 e. The molecule has 1 aromatic rings. The van der Waals surface area contributed by atoms with Gasteiger partial charge in [0, 0.05) is 20.0 Å². The molecular formula is C12H14N2O3. The fourth-order valence-electron chi connectivity index (χ4n) is 1.74. The summed E-state index contributed by atoms with van der Waals surface area (Å²) in [5.74, 6) is 0.485. The molecule has 0 atom stereocenters. The van der Waals surface area contributed by atoms with E-state index in [0.717, 1.165) is 5.69 Å². The quantitative estimate of drug-likeness (QED) is 0.830. The molecule has 0 radical (unpaired) electrons. The summed E-state index contributed by atoms with van der Waals surface area (Å²) in [6.07, 6.45) is 0.288. The number of nitrogens with zero attached hydrogens (tertiary/aromatic N) is 1. The number of fused-ring (bicyclic) bond motifs is 1. The SMILES string of the molecule is CNC(=O)CCN1C(=O)COc2ccccc21. The second-order valence-corrected chi connectivity index (χ2v) is 3.72. The summed E-state index contributed by atoms with van der Waals surface area (Å²) in [5.41, 5.74) is 0.729. The first-order chi connectivity index (χ1) is 8.22. The summed E-state index contributed by atoms with van der Waals surface area (Å²) in [7, 11) is 1.58. The van der Waals surface area contributed by atoms with E-state index in [2.05, 4.69) is 5.32 Å². The average Bonchev–Trinajstić information content (AvgIpc) is 2.37. The number of rotatable bonds is 3. The van der Waals surface area contributed by atoms with E-state index >= 15 is 0 Å². The number of para-hydroxylation sites is 2. The Morgan fingerprint density at radius 3 is 3.00 bits per heavy atom. The second kappa shape index (κ2) is 4.86. The molecule has 90 valence electrons. The van der Waals surface area contributed by atoms with Crippen LogP contribution in [0.15, 0.2) is 24.3 Å². The molecule has 0 aliphatic carbocycles. The van der Waals surface area contributed by atoms with Gasteiger partial charge in [-0.25, -0.2) is 0 Å². The minimum absolute atomic E-state index is 0.0325. The molecule has 0 spiro atoms. The van der Waals surface area contributed by atoms with Crippen molar-refractivity contribution < 1.29 is 14.3 Å². The van der Waals surface area contributed by atoms with Crippen LogP contribution in [0.3, 0.4) is 0 Å². The summed E-state index contributed by atoms with van der Waals surface area (Å²) in [5, 5.41) is 2.54. The van der Waals surface area contributed by atoms with Crippen molar-refractivity contribution in [3.63, 3.8) is 0 Å². The van der Waals surface area contributed by atoms with Gasteiger partial charge >= 0.3 is 0 Å². The van der Waals surface area contributed by atoms with Crippen molar-refractivity contribution >= 4 is 17.5 Å². The van der Waals surface area contributed by atoms with E-state index in [-0.39, 0.29) is 24.8 Å². The third kappa shape index (κ3) is 2.38. The Bertz CT molecular complexity index is 445. The summed E-state index contributed by atoms with van der Waals surface area (Å²) in [4.78, 5) is 24.5. The molecule has 2 amide bonds. The predicted molar refractivity (Wildman–Crippen MR) is 63.0 cm³/mol. The Kier molecular flexibility index (Phi) is 3.27. The van der Waals surface area contributed by atoms with Crippen molar-refractivity contribution in [1.29, 1.82) is 0 Å². The fraction of sp³-hybridized carbons (Fsp3) is 0.333. The topological polar surface area (TPSA) is 58.6 Å². The molecule has 17 heavy (non-hydrogen) atoms. The van der Waals surface area contributed by atoms with Gasteiger partial charge in [-0.1, -0.05) is 12.1 Å². The van der Waals surface area contributed by atoms with Gasteiger partial charge in [-0.15, -0.1) is 0 Å². The Morgan fingerprint density at radius 2 is 2.24 bits per heavy atom. The normalized spacial score (nSPS) is 13.9. The van der Waals surface area contributed by atoms with Crippen LogP contribution >= 0.6 is 0 Å². The van der Waals surface area contributed by atoms with Crippen molar-refractivity contribution in [3.8, 4) is 5.75 Å². The number of hydrogen-bond acceptors (Lipinski definition) is 3. The van der Waals surface area contributed by atoms with Gasteiger partial charge in [-0.05, 0) is 12.1 Å². The lowest BCUT2D eigenvalue weighted by molar-refractivity contribution is -0.122. The van der Waals surface area contributed by atoms with E-state index in [4.69, 9.17) is 4.74 Å². The average molecular weight is 234 g/mol. The molecule has 0 saturated carbocycles. The summed E-state index contributed by atoms with van der Waals surface area (Å²) in [6.45, 7) is 0.406. The van der Waals surface area contributed by atoms with Gasteiger partial charge < -0.3 is 15.0 Å². The van der Waals surface area contributed by atoms with Gasteiger partial charge in [-0.2, -0.15) is 0 Å². The third-order valence-electron chi connectivity index (χ3n) is 2.65. The fourth-order valence-corrected chi connectivity index (χ4v) is 1.74. The number of benzene rings is 1. The zero-order chi connectivity index (χ0) is 12.3. The molecule has 5 heteroatoms. The molecule has 1 aliphatic heterocycles. The van der Waals surface area contributed by atoms with Crippen LogP contribution < -0.4 is 15.0 Å². The van der Waals surface area contributed by atoms with Crippen LogP contribution in [0.4, 0.5) is 5.69 Å². The first-order valence-corrected chi connectivity index (χ1v) is 5.45. The predicted octanol–water partition coefficient (Wildman–Crippen LogP) is 0.548. The first kappa shape index (κ1) is 11.4. The maximum absolute atomic E-state index is 11.7. The monoisotopic (exact) mass is 234 g/mol. The van der Waals surface area contributed by atoms with E-state index in [1.165, 1.54) is 0 Å². The Labute approximate surface area is 99.4 Å². The van der Waals surface area contributed by atoms with Crippen molar-refractivity contribution in [3.05, 3.63) is 24.3 Å². The molecule has 2 rings (SSSR count). The van der Waals surface area contributed by atoms with Crippen LogP contribution in [0.25, 0.3) is 0 Å². The van der Waals surface area contributed by atoms with Gasteiger partial charge in [0.05, 0.1) is 5.69 Å². The Hall–Kier alpha value is -2.04. The van der Waals surface area contributed by atoms with Crippen LogP contribution in [-0.2, 0) is 9.59 Å². The standard InChI is InChI=1S/C12H14N2O3/c1-13-11(15)6-7-14-9-4-2-3-5-10(9)17-8-12(14)16/h2-5H,6-8H2,1H3,(H,13,15). The molecule has 0 saturated heterocycles. The van der Waals surface area contributed by atoms with Gasteiger partial charge in [-0.3, -0.25) is 9.59 Å². The van der Waals surface area contributed by atoms with E-state index < -0.39 is 0 Å². The second-order valence-electron chi connectivity index (χ2n) is 3.72. The number of ether oxygens (including phenoxy) is 1. The summed E-state index contributed by atoms with van der Waals surface area (Å²) in [6, 6.07) is 7.32. The zero-order valence-corrected chi connectivity index (χ0v) is 9.60. The largest absolute Gasteiger partial charge is 0.482 e. The first-order valence-electron chi connectivity index (χ1n) is 5.45. The molecule has 0 fully saturated rings. The molecule has 5 nitrogen and oxygen atoms in total. The molecule has 1 heterocycles. The molecule has 1 aromatic carbocycles. The van der Waals surface area contributed by atoms with Crippen LogP contribution in [0.5, 0.6) is 5.75 Å². The van der Waals surface area contributed by atoms with E-state index in [0.29, 0.717) is 12.3 Å². The molecule has 0 unspecified atom stereocenters. The van der Waals surface area contributed by atoms with E-state index in [1.807, 2.05) is 24.3 Å². The maximum Gasteiger partial charge on any atom is 0.265 e. The van der Waals surface area contributed by atoms with Crippen molar-refractivity contribution in [2.45, 2.75) is 6.42 Å². The molecule has 0 aromatic heterocycles. The lowest BCUT2D eigenvalue weighted by Crippen LogP contribution is -2.40. The number of anilines is 1. The van der Waals surface area contributed by atoms with Crippen molar-refractivity contribution in [2.24, 2.45) is 0 Å². The molecule has 0 bridgehead atoms. The highest BCUT2D eigenvalue weighted by Gasteiger charge is 2.25. The lowest BCUT2D eigenvalue weighted by atomic mass is 10.2. The van der Waals surface area contributed by atoms with Crippen LogP contribution in [0, 0.1) is 0 Å². The van der Waals surface area contributed by atoms with E-state index in [1.54, 1.807) is 11.9 Å². The Morgan fingerprint density at radius 1 is 1.47 bits per heavy atom.